The van der Waals surface area contributed by atoms with E-state index in [0.717, 1.165) is 16.3 Å². The first kappa shape index (κ1) is 9.53. The van der Waals surface area contributed by atoms with Gasteiger partial charge in [-0.2, -0.15) is 0 Å². The fourth-order valence-corrected chi connectivity index (χ4v) is 1.50. The minimum Gasteiger partial charge on any atom is -0.260 e. The van der Waals surface area contributed by atoms with Crippen molar-refractivity contribution in [3.05, 3.63) is 28.5 Å². The van der Waals surface area contributed by atoms with Crippen molar-refractivity contribution in [2.75, 3.05) is 0 Å². The Kier molecular flexibility index (Phi) is 2.43. The van der Waals surface area contributed by atoms with Gasteiger partial charge in [-0.05, 0) is 24.0 Å². The SMILES string of the molecule is Cc1cc(C(C)(C)C)c(Cl)cn1. The van der Waals surface area contributed by atoms with E-state index in [-0.39, 0.29) is 5.41 Å². The number of hydrogen-bond donors (Lipinski definition) is 0. The minimum atomic E-state index is 0.102. The Balaban J connectivity index is 3.23. The molecular weight excluding hydrogens is 170 g/mol. The number of halogens is 1. The van der Waals surface area contributed by atoms with E-state index in [1.807, 2.05) is 13.0 Å². The molecule has 0 saturated carbocycles. The molecular formula is C10H14ClN. The molecule has 0 amide bonds. The lowest BCUT2D eigenvalue weighted by molar-refractivity contribution is 0.588. The summed E-state index contributed by atoms with van der Waals surface area (Å²) in [7, 11) is 0. The van der Waals surface area contributed by atoms with Crippen LogP contribution in [-0.2, 0) is 5.41 Å². The largest absolute Gasteiger partial charge is 0.260 e. The quantitative estimate of drug-likeness (QED) is 0.601. The molecule has 1 aromatic rings. The maximum Gasteiger partial charge on any atom is 0.0626 e. The molecule has 0 aliphatic rings. The first-order valence-corrected chi connectivity index (χ1v) is 4.41. The topological polar surface area (TPSA) is 12.9 Å². The third-order valence-corrected chi connectivity index (χ3v) is 2.10. The minimum absolute atomic E-state index is 0.102. The van der Waals surface area contributed by atoms with Crippen molar-refractivity contribution in [2.24, 2.45) is 0 Å². The molecule has 0 atom stereocenters. The van der Waals surface area contributed by atoms with Crippen molar-refractivity contribution in [1.29, 1.82) is 0 Å². The van der Waals surface area contributed by atoms with E-state index in [1.54, 1.807) is 6.20 Å². The highest BCUT2D eigenvalue weighted by atomic mass is 35.5. The summed E-state index contributed by atoms with van der Waals surface area (Å²) in [4.78, 5) is 4.12. The zero-order valence-corrected chi connectivity index (χ0v) is 8.74. The fraction of sp³-hybridized carbons (Fsp3) is 0.500. The molecule has 0 aliphatic heterocycles. The predicted molar refractivity (Wildman–Crippen MR) is 52.7 cm³/mol. The first-order valence-electron chi connectivity index (χ1n) is 4.04. The molecule has 0 unspecified atom stereocenters. The Labute approximate surface area is 78.8 Å². The van der Waals surface area contributed by atoms with Crippen molar-refractivity contribution < 1.29 is 0 Å². The molecule has 0 aliphatic carbocycles. The maximum absolute atomic E-state index is 6.02. The lowest BCUT2D eigenvalue weighted by Gasteiger charge is -2.20. The van der Waals surface area contributed by atoms with Crippen molar-refractivity contribution in [2.45, 2.75) is 33.1 Å². The summed E-state index contributed by atoms with van der Waals surface area (Å²) in [6.07, 6.45) is 1.72. The number of rotatable bonds is 0. The summed E-state index contributed by atoms with van der Waals surface area (Å²) < 4.78 is 0. The second-order valence-corrected chi connectivity index (χ2v) is 4.46. The standard InChI is InChI=1S/C10H14ClN/c1-7-5-8(10(2,3)4)9(11)6-12-7/h5-6H,1-4H3. The van der Waals surface area contributed by atoms with E-state index in [9.17, 15) is 0 Å². The molecule has 0 spiro atoms. The zero-order valence-electron chi connectivity index (χ0n) is 7.98. The molecule has 12 heavy (non-hydrogen) atoms. The van der Waals surface area contributed by atoms with Gasteiger partial charge in [0.2, 0.25) is 0 Å². The molecule has 0 radical (unpaired) electrons. The van der Waals surface area contributed by atoms with Gasteiger partial charge in [0.1, 0.15) is 0 Å². The molecule has 1 heterocycles. The van der Waals surface area contributed by atoms with Gasteiger partial charge in [0.25, 0.3) is 0 Å². The van der Waals surface area contributed by atoms with E-state index in [0.29, 0.717) is 0 Å². The Morgan fingerprint density at radius 3 is 2.33 bits per heavy atom. The van der Waals surface area contributed by atoms with Crippen LogP contribution in [0.25, 0.3) is 0 Å². The van der Waals surface area contributed by atoms with Gasteiger partial charge in [-0.15, -0.1) is 0 Å². The average Bonchev–Trinajstić information content (AvgIpc) is 1.92. The second kappa shape index (κ2) is 3.06. The van der Waals surface area contributed by atoms with Crippen LogP contribution >= 0.6 is 11.6 Å². The van der Waals surface area contributed by atoms with Crippen LogP contribution in [0.15, 0.2) is 12.3 Å². The smallest absolute Gasteiger partial charge is 0.0626 e. The van der Waals surface area contributed by atoms with Crippen LogP contribution in [0.4, 0.5) is 0 Å². The molecule has 0 bridgehead atoms. The van der Waals surface area contributed by atoms with E-state index in [2.05, 4.69) is 25.8 Å². The van der Waals surface area contributed by atoms with Gasteiger partial charge in [-0.25, -0.2) is 0 Å². The lowest BCUT2D eigenvalue weighted by Crippen LogP contribution is -2.12. The van der Waals surface area contributed by atoms with Crippen LogP contribution in [-0.4, -0.2) is 4.98 Å². The third-order valence-electron chi connectivity index (χ3n) is 1.80. The highest BCUT2D eigenvalue weighted by molar-refractivity contribution is 6.31. The van der Waals surface area contributed by atoms with Crippen molar-refractivity contribution in [3.8, 4) is 0 Å². The molecule has 0 saturated heterocycles. The van der Waals surface area contributed by atoms with Crippen molar-refractivity contribution >= 4 is 11.6 Å². The molecule has 1 rings (SSSR count). The van der Waals surface area contributed by atoms with Crippen LogP contribution in [0.1, 0.15) is 32.0 Å². The number of pyridine rings is 1. The summed E-state index contributed by atoms with van der Waals surface area (Å²) in [5, 5.41) is 0.758. The Hall–Kier alpha value is -0.560. The van der Waals surface area contributed by atoms with Crippen LogP contribution < -0.4 is 0 Å². The second-order valence-electron chi connectivity index (χ2n) is 4.06. The number of nitrogens with zero attached hydrogens (tertiary/aromatic N) is 1. The van der Waals surface area contributed by atoms with E-state index < -0.39 is 0 Å². The fourth-order valence-electron chi connectivity index (χ4n) is 1.12. The normalized spacial score (nSPS) is 11.8. The molecule has 1 nitrogen and oxygen atoms in total. The number of aryl methyl sites for hydroxylation is 1. The molecule has 1 aromatic heterocycles. The van der Waals surface area contributed by atoms with Crippen LogP contribution in [0, 0.1) is 6.92 Å². The molecule has 2 heteroatoms. The van der Waals surface area contributed by atoms with Gasteiger partial charge < -0.3 is 0 Å². The highest BCUT2D eigenvalue weighted by Crippen LogP contribution is 2.28. The summed E-state index contributed by atoms with van der Waals surface area (Å²) in [6.45, 7) is 8.42. The maximum atomic E-state index is 6.02. The van der Waals surface area contributed by atoms with Crippen LogP contribution in [0.3, 0.4) is 0 Å². The third kappa shape index (κ3) is 1.98. The highest BCUT2D eigenvalue weighted by Gasteiger charge is 2.17. The summed E-state index contributed by atoms with van der Waals surface area (Å²) in [6, 6.07) is 2.04. The van der Waals surface area contributed by atoms with E-state index in [1.165, 1.54) is 0 Å². The number of hydrogen-bond acceptors (Lipinski definition) is 1. The van der Waals surface area contributed by atoms with Gasteiger partial charge in [0.05, 0.1) is 5.02 Å². The first-order chi connectivity index (χ1) is 5.41. The van der Waals surface area contributed by atoms with E-state index >= 15 is 0 Å². The summed E-state index contributed by atoms with van der Waals surface area (Å²) in [5.41, 5.74) is 2.28. The van der Waals surface area contributed by atoms with Crippen LogP contribution in [0.2, 0.25) is 5.02 Å². The average molecular weight is 184 g/mol. The number of aromatic nitrogens is 1. The monoisotopic (exact) mass is 183 g/mol. The van der Waals surface area contributed by atoms with Gasteiger partial charge >= 0.3 is 0 Å². The van der Waals surface area contributed by atoms with Crippen LogP contribution in [0.5, 0.6) is 0 Å². The van der Waals surface area contributed by atoms with Crippen molar-refractivity contribution in [1.82, 2.24) is 4.98 Å². The van der Waals surface area contributed by atoms with E-state index in [4.69, 9.17) is 11.6 Å². The van der Waals surface area contributed by atoms with Gasteiger partial charge in [-0.3, -0.25) is 4.98 Å². The zero-order chi connectivity index (χ0) is 9.35. The Bertz CT molecular complexity index is 286. The lowest BCUT2D eigenvalue weighted by atomic mass is 9.87. The predicted octanol–water partition coefficient (Wildman–Crippen LogP) is 3.34. The molecule has 0 fully saturated rings. The molecule has 0 aromatic carbocycles. The Morgan fingerprint density at radius 1 is 1.33 bits per heavy atom. The summed E-state index contributed by atoms with van der Waals surface area (Å²) in [5.74, 6) is 0. The van der Waals surface area contributed by atoms with Gasteiger partial charge in [0, 0.05) is 11.9 Å². The summed E-state index contributed by atoms with van der Waals surface area (Å²) >= 11 is 6.02. The van der Waals surface area contributed by atoms with Gasteiger partial charge in [0.15, 0.2) is 0 Å². The van der Waals surface area contributed by atoms with Gasteiger partial charge in [-0.1, -0.05) is 32.4 Å². The molecule has 66 valence electrons. The molecule has 0 N–H and O–H groups in total. The van der Waals surface area contributed by atoms with Crippen molar-refractivity contribution in [3.63, 3.8) is 0 Å². The Morgan fingerprint density at radius 2 is 1.92 bits per heavy atom.